The number of methoxy groups -OCH3 is 1. The van der Waals surface area contributed by atoms with Gasteiger partial charge in [-0.3, -0.25) is 4.79 Å². The second-order valence-electron chi connectivity index (χ2n) is 5.90. The fraction of sp³-hybridized carbons (Fsp3) is 0.562. The van der Waals surface area contributed by atoms with Crippen molar-refractivity contribution in [3.05, 3.63) is 29.6 Å². The lowest BCUT2D eigenvalue weighted by Gasteiger charge is -2.35. The summed E-state index contributed by atoms with van der Waals surface area (Å²) in [5.74, 6) is -0.344. The number of hydrogen-bond acceptors (Lipinski definition) is 3. The maximum absolute atomic E-state index is 13.7. The molecule has 2 bridgehead atoms. The van der Waals surface area contributed by atoms with E-state index in [0.29, 0.717) is 17.6 Å². The molecule has 0 saturated carbocycles. The maximum atomic E-state index is 13.7. The monoisotopic (exact) mass is 277 g/mol. The number of carbonyl (C=O) groups excluding carboxylic acids is 1. The third kappa shape index (κ3) is 2.12. The highest BCUT2D eigenvalue weighted by Gasteiger charge is 2.41. The number of piperidine rings is 1. The molecule has 2 aliphatic heterocycles. The Hall–Kier alpha value is -1.42. The fourth-order valence-electron chi connectivity index (χ4n) is 3.76. The van der Waals surface area contributed by atoms with Crippen LogP contribution in [0.4, 0.5) is 4.39 Å². The van der Waals surface area contributed by atoms with E-state index in [1.165, 1.54) is 26.0 Å². The molecule has 3 nitrogen and oxygen atoms in total. The molecular weight excluding hydrogens is 257 g/mol. The van der Waals surface area contributed by atoms with Crippen LogP contribution in [-0.2, 0) is 0 Å². The average molecular weight is 277 g/mol. The van der Waals surface area contributed by atoms with Gasteiger partial charge in [0, 0.05) is 18.0 Å². The molecule has 0 aromatic heterocycles. The molecule has 2 aliphatic rings. The van der Waals surface area contributed by atoms with Gasteiger partial charge in [0.1, 0.15) is 0 Å². The Kier molecular flexibility index (Phi) is 3.50. The van der Waals surface area contributed by atoms with E-state index in [4.69, 9.17) is 4.74 Å². The van der Waals surface area contributed by atoms with E-state index in [-0.39, 0.29) is 17.5 Å². The Morgan fingerprint density at radius 2 is 1.95 bits per heavy atom. The summed E-state index contributed by atoms with van der Waals surface area (Å²) < 4.78 is 18.8. The molecule has 1 aromatic rings. The van der Waals surface area contributed by atoms with Gasteiger partial charge >= 0.3 is 0 Å². The number of ketones is 1. The number of para-hydroxylation sites is 1. The van der Waals surface area contributed by atoms with Crippen LogP contribution in [0.3, 0.4) is 0 Å². The van der Waals surface area contributed by atoms with Crippen LogP contribution in [0.15, 0.2) is 18.2 Å². The van der Waals surface area contributed by atoms with E-state index < -0.39 is 5.82 Å². The second kappa shape index (κ2) is 5.17. The van der Waals surface area contributed by atoms with Crippen LogP contribution in [0, 0.1) is 11.7 Å². The van der Waals surface area contributed by atoms with Gasteiger partial charge in [0.15, 0.2) is 17.3 Å². The first-order valence-electron chi connectivity index (χ1n) is 7.20. The van der Waals surface area contributed by atoms with Crippen LogP contribution in [-0.4, -0.2) is 36.9 Å². The topological polar surface area (TPSA) is 29.5 Å². The van der Waals surface area contributed by atoms with Gasteiger partial charge in [-0.05, 0) is 44.9 Å². The minimum absolute atomic E-state index is 0.000556. The Labute approximate surface area is 118 Å². The summed E-state index contributed by atoms with van der Waals surface area (Å²) in [6.07, 6.45) is 4.10. The van der Waals surface area contributed by atoms with Gasteiger partial charge < -0.3 is 9.64 Å². The van der Waals surface area contributed by atoms with Gasteiger partial charge in [-0.2, -0.15) is 0 Å². The minimum atomic E-state index is -0.464. The summed E-state index contributed by atoms with van der Waals surface area (Å²) in [6.45, 7) is 0. The van der Waals surface area contributed by atoms with Crippen LogP contribution in [0.2, 0.25) is 0 Å². The van der Waals surface area contributed by atoms with Gasteiger partial charge in [-0.1, -0.05) is 6.07 Å². The molecule has 2 unspecified atom stereocenters. The zero-order chi connectivity index (χ0) is 14.3. The van der Waals surface area contributed by atoms with Crippen molar-refractivity contribution in [2.24, 2.45) is 5.92 Å². The van der Waals surface area contributed by atoms with Crippen molar-refractivity contribution in [1.82, 2.24) is 4.90 Å². The highest BCUT2D eigenvalue weighted by Crippen LogP contribution is 2.39. The van der Waals surface area contributed by atoms with E-state index in [2.05, 4.69) is 11.9 Å². The number of Topliss-reactive ketones (excluding diaryl/α,β-unsaturated/α-hetero) is 1. The summed E-state index contributed by atoms with van der Waals surface area (Å²) >= 11 is 0. The van der Waals surface area contributed by atoms with E-state index in [0.717, 1.165) is 12.8 Å². The average Bonchev–Trinajstić information content (AvgIpc) is 2.67. The molecule has 2 atom stereocenters. The third-order valence-electron chi connectivity index (χ3n) is 4.91. The number of fused-ring (bicyclic) bond motifs is 2. The SMILES string of the molecule is COc1c(F)cccc1C(=O)C1CC2CCC(C1)N2C. The van der Waals surface area contributed by atoms with Crippen LogP contribution in [0.1, 0.15) is 36.0 Å². The van der Waals surface area contributed by atoms with Crippen molar-refractivity contribution in [3.63, 3.8) is 0 Å². The quantitative estimate of drug-likeness (QED) is 0.796. The highest BCUT2D eigenvalue weighted by atomic mass is 19.1. The first kappa shape index (κ1) is 13.6. The number of carbonyl (C=O) groups is 1. The molecule has 2 heterocycles. The van der Waals surface area contributed by atoms with Gasteiger partial charge in [-0.15, -0.1) is 0 Å². The summed E-state index contributed by atoms with van der Waals surface area (Å²) in [7, 11) is 3.55. The molecule has 0 spiro atoms. The first-order valence-corrected chi connectivity index (χ1v) is 7.20. The summed E-state index contributed by atoms with van der Waals surface area (Å²) in [6, 6.07) is 5.58. The van der Waals surface area contributed by atoms with Crippen LogP contribution >= 0.6 is 0 Å². The van der Waals surface area contributed by atoms with E-state index in [1.807, 2.05) is 0 Å². The smallest absolute Gasteiger partial charge is 0.169 e. The van der Waals surface area contributed by atoms with E-state index in [9.17, 15) is 9.18 Å². The Balaban J connectivity index is 1.85. The Morgan fingerprint density at radius 3 is 2.55 bits per heavy atom. The largest absolute Gasteiger partial charge is 0.493 e. The van der Waals surface area contributed by atoms with E-state index >= 15 is 0 Å². The lowest BCUT2D eigenvalue weighted by Crippen LogP contribution is -2.42. The van der Waals surface area contributed by atoms with Gasteiger partial charge in [-0.25, -0.2) is 4.39 Å². The lowest BCUT2D eigenvalue weighted by molar-refractivity contribution is 0.0763. The van der Waals surface area contributed by atoms with Crippen molar-refractivity contribution < 1.29 is 13.9 Å². The number of rotatable bonds is 3. The van der Waals surface area contributed by atoms with Crippen molar-refractivity contribution in [3.8, 4) is 5.75 Å². The van der Waals surface area contributed by atoms with Gasteiger partial charge in [0.05, 0.1) is 12.7 Å². The van der Waals surface area contributed by atoms with Crippen molar-refractivity contribution in [2.45, 2.75) is 37.8 Å². The number of nitrogens with zero attached hydrogens (tertiary/aromatic N) is 1. The van der Waals surface area contributed by atoms with Gasteiger partial charge in [0.2, 0.25) is 0 Å². The number of halogens is 1. The molecule has 1 aromatic carbocycles. The molecule has 2 fully saturated rings. The zero-order valence-corrected chi connectivity index (χ0v) is 11.9. The molecule has 108 valence electrons. The van der Waals surface area contributed by atoms with Crippen molar-refractivity contribution >= 4 is 5.78 Å². The highest BCUT2D eigenvalue weighted by molar-refractivity contribution is 6.00. The molecule has 0 N–H and O–H groups in total. The molecule has 3 rings (SSSR count). The summed E-state index contributed by atoms with van der Waals surface area (Å²) in [5.41, 5.74) is 0.390. The fourth-order valence-corrected chi connectivity index (χ4v) is 3.76. The van der Waals surface area contributed by atoms with Crippen molar-refractivity contribution in [2.75, 3.05) is 14.2 Å². The zero-order valence-electron chi connectivity index (χ0n) is 11.9. The molecule has 0 amide bonds. The van der Waals surface area contributed by atoms with Crippen molar-refractivity contribution in [1.29, 1.82) is 0 Å². The molecule has 0 aliphatic carbocycles. The van der Waals surface area contributed by atoms with Crippen LogP contribution in [0.25, 0.3) is 0 Å². The molecule has 2 saturated heterocycles. The predicted octanol–water partition coefficient (Wildman–Crippen LogP) is 2.89. The molecule has 4 heteroatoms. The molecular formula is C16H20FNO2. The number of hydrogen-bond donors (Lipinski definition) is 0. The first-order chi connectivity index (χ1) is 9.61. The third-order valence-corrected chi connectivity index (χ3v) is 4.91. The van der Waals surface area contributed by atoms with Gasteiger partial charge in [0.25, 0.3) is 0 Å². The molecule has 0 radical (unpaired) electrons. The minimum Gasteiger partial charge on any atom is -0.493 e. The predicted molar refractivity (Wildman–Crippen MR) is 74.6 cm³/mol. The summed E-state index contributed by atoms with van der Waals surface area (Å²) in [5, 5.41) is 0. The maximum Gasteiger partial charge on any atom is 0.169 e. The Bertz CT molecular complexity index is 517. The normalized spacial score (nSPS) is 29.4. The standard InChI is InChI=1S/C16H20FNO2/c1-18-11-6-7-12(18)9-10(8-11)15(19)13-4-3-5-14(17)16(13)20-2/h3-5,10-12H,6-9H2,1-2H3. The van der Waals surface area contributed by atoms with Crippen LogP contribution in [0.5, 0.6) is 5.75 Å². The lowest BCUT2D eigenvalue weighted by atomic mass is 9.84. The second-order valence-corrected chi connectivity index (χ2v) is 5.90. The number of ether oxygens (including phenoxy) is 1. The number of benzene rings is 1. The summed E-state index contributed by atoms with van der Waals surface area (Å²) in [4.78, 5) is 15.1. The van der Waals surface area contributed by atoms with Crippen LogP contribution < -0.4 is 4.74 Å². The Morgan fingerprint density at radius 1 is 1.30 bits per heavy atom. The van der Waals surface area contributed by atoms with E-state index in [1.54, 1.807) is 12.1 Å². The molecule has 20 heavy (non-hydrogen) atoms.